The van der Waals surface area contributed by atoms with Crippen molar-refractivity contribution in [3.8, 4) is 0 Å². The first-order chi connectivity index (χ1) is 9.35. The fraction of sp³-hybridized carbons (Fsp3) is 0.733. The lowest BCUT2D eigenvalue weighted by atomic mass is 10.2. The summed E-state index contributed by atoms with van der Waals surface area (Å²) in [7, 11) is 0. The third-order valence-corrected chi connectivity index (χ3v) is 3.81. The second-order valence-corrected chi connectivity index (χ2v) is 5.27. The molecule has 1 N–H and O–H groups in total. The number of hydrogen-bond donors (Lipinski definition) is 1. The maximum Gasteiger partial charge on any atom is 0.147 e. The average molecular weight is 262 g/mol. The molecule has 106 valence electrons. The van der Waals surface area contributed by atoms with E-state index in [1.54, 1.807) is 0 Å². The minimum absolute atomic E-state index is 0.665. The Kier molecular flexibility index (Phi) is 5.58. The number of aromatic nitrogens is 2. The van der Waals surface area contributed by atoms with Crippen molar-refractivity contribution < 1.29 is 0 Å². The van der Waals surface area contributed by atoms with Gasteiger partial charge in [-0.25, -0.2) is 4.98 Å². The molecule has 0 aliphatic heterocycles. The quantitative estimate of drug-likeness (QED) is 0.767. The number of rotatable bonds is 7. The van der Waals surface area contributed by atoms with Gasteiger partial charge in [0, 0.05) is 25.3 Å². The van der Waals surface area contributed by atoms with Crippen LogP contribution in [0.15, 0.2) is 12.4 Å². The second-order valence-electron chi connectivity index (χ2n) is 5.27. The van der Waals surface area contributed by atoms with Crippen molar-refractivity contribution in [2.45, 2.75) is 58.5 Å². The summed E-state index contributed by atoms with van der Waals surface area (Å²) in [6, 6.07) is 0.665. The van der Waals surface area contributed by atoms with E-state index in [9.17, 15) is 0 Å². The van der Waals surface area contributed by atoms with Gasteiger partial charge in [-0.15, -0.1) is 0 Å². The molecule has 0 spiro atoms. The summed E-state index contributed by atoms with van der Waals surface area (Å²) >= 11 is 0. The molecule has 1 saturated carbocycles. The molecular weight excluding hydrogens is 236 g/mol. The fourth-order valence-electron chi connectivity index (χ4n) is 2.83. The molecule has 1 aromatic heterocycles. The van der Waals surface area contributed by atoms with Crippen LogP contribution < -0.4 is 10.2 Å². The van der Waals surface area contributed by atoms with Crippen LogP contribution in [0.1, 0.15) is 51.6 Å². The first-order valence-electron chi connectivity index (χ1n) is 7.63. The van der Waals surface area contributed by atoms with Crippen molar-refractivity contribution >= 4 is 5.82 Å². The number of anilines is 1. The zero-order chi connectivity index (χ0) is 13.5. The molecule has 0 unspecified atom stereocenters. The average Bonchev–Trinajstić information content (AvgIpc) is 2.94. The lowest BCUT2D eigenvalue weighted by Gasteiger charge is -2.28. The largest absolute Gasteiger partial charge is 0.353 e. The molecule has 4 nitrogen and oxygen atoms in total. The number of hydrogen-bond acceptors (Lipinski definition) is 4. The summed E-state index contributed by atoms with van der Waals surface area (Å²) in [4.78, 5) is 11.5. The third-order valence-electron chi connectivity index (χ3n) is 3.81. The Morgan fingerprint density at radius 3 is 2.74 bits per heavy atom. The molecule has 19 heavy (non-hydrogen) atoms. The monoisotopic (exact) mass is 262 g/mol. The van der Waals surface area contributed by atoms with E-state index >= 15 is 0 Å². The molecule has 4 heteroatoms. The topological polar surface area (TPSA) is 41.1 Å². The van der Waals surface area contributed by atoms with Gasteiger partial charge in [0.2, 0.25) is 0 Å². The van der Waals surface area contributed by atoms with Gasteiger partial charge in [-0.1, -0.05) is 19.8 Å². The zero-order valence-electron chi connectivity index (χ0n) is 12.2. The highest BCUT2D eigenvalue weighted by Gasteiger charge is 2.22. The van der Waals surface area contributed by atoms with Crippen LogP contribution in [0.4, 0.5) is 5.82 Å². The van der Waals surface area contributed by atoms with Crippen LogP contribution in [-0.4, -0.2) is 29.1 Å². The van der Waals surface area contributed by atoms with Crippen LogP contribution in [0.5, 0.6) is 0 Å². The van der Waals surface area contributed by atoms with Gasteiger partial charge in [-0.3, -0.25) is 4.98 Å². The summed E-state index contributed by atoms with van der Waals surface area (Å²) in [5.74, 6) is 1.05. The minimum atomic E-state index is 0.665. The van der Waals surface area contributed by atoms with E-state index in [0.717, 1.165) is 37.6 Å². The van der Waals surface area contributed by atoms with Gasteiger partial charge in [0.25, 0.3) is 0 Å². The highest BCUT2D eigenvalue weighted by Crippen LogP contribution is 2.26. The van der Waals surface area contributed by atoms with Gasteiger partial charge in [-0.2, -0.15) is 0 Å². The fourth-order valence-corrected chi connectivity index (χ4v) is 2.83. The lowest BCUT2D eigenvalue weighted by molar-refractivity contribution is 0.606. The predicted molar refractivity (Wildman–Crippen MR) is 79.3 cm³/mol. The molecule has 0 bridgehead atoms. The maximum absolute atomic E-state index is 4.76. The zero-order valence-corrected chi connectivity index (χ0v) is 12.2. The molecule has 1 aromatic rings. The number of nitrogens with one attached hydrogen (secondary N) is 1. The molecule has 1 fully saturated rings. The van der Waals surface area contributed by atoms with E-state index < -0.39 is 0 Å². The Bertz CT molecular complexity index is 374. The molecule has 0 radical (unpaired) electrons. The Labute approximate surface area is 116 Å². The van der Waals surface area contributed by atoms with E-state index in [-0.39, 0.29) is 0 Å². The number of nitrogens with zero attached hydrogens (tertiary/aromatic N) is 3. The van der Waals surface area contributed by atoms with Crippen molar-refractivity contribution in [1.29, 1.82) is 0 Å². The molecule has 0 amide bonds. The van der Waals surface area contributed by atoms with E-state index in [4.69, 9.17) is 4.98 Å². The van der Waals surface area contributed by atoms with E-state index in [1.165, 1.54) is 25.7 Å². The standard InChI is InChI=1S/C15H26N4/c1-3-9-16-10-13-11-17-12-15(18-13)19(4-2)14-7-5-6-8-14/h11-12,14,16H,3-10H2,1-2H3. The van der Waals surface area contributed by atoms with E-state index in [1.807, 2.05) is 12.4 Å². The van der Waals surface area contributed by atoms with Crippen molar-refractivity contribution in [3.63, 3.8) is 0 Å². The van der Waals surface area contributed by atoms with Crippen LogP contribution >= 0.6 is 0 Å². The smallest absolute Gasteiger partial charge is 0.147 e. The molecule has 0 atom stereocenters. The molecule has 2 rings (SSSR count). The molecule has 1 heterocycles. The Balaban J connectivity index is 2.03. The van der Waals surface area contributed by atoms with Crippen molar-refractivity contribution in [3.05, 3.63) is 18.1 Å². The van der Waals surface area contributed by atoms with Gasteiger partial charge in [0.05, 0.1) is 11.9 Å². The lowest BCUT2D eigenvalue weighted by Crippen LogP contribution is -2.34. The van der Waals surface area contributed by atoms with Crippen molar-refractivity contribution in [1.82, 2.24) is 15.3 Å². The molecule has 1 aliphatic rings. The summed E-state index contributed by atoms with van der Waals surface area (Å²) in [5, 5.41) is 3.38. The normalized spacial score (nSPS) is 15.9. The van der Waals surface area contributed by atoms with E-state index in [2.05, 4.69) is 29.0 Å². The van der Waals surface area contributed by atoms with Gasteiger partial charge < -0.3 is 10.2 Å². The maximum atomic E-state index is 4.76. The van der Waals surface area contributed by atoms with Crippen LogP contribution in [-0.2, 0) is 6.54 Å². The molecule has 0 saturated heterocycles. The van der Waals surface area contributed by atoms with Gasteiger partial charge in [0.1, 0.15) is 5.82 Å². The van der Waals surface area contributed by atoms with E-state index in [0.29, 0.717) is 6.04 Å². The highest BCUT2D eigenvalue weighted by atomic mass is 15.2. The van der Waals surface area contributed by atoms with Gasteiger partial charge in [-0.05, 0) is 32.7 Å². The van der Waals surface area contributed by atoms with Crippen LogP contribution in [0.3, 0.4) is 0 Å². The molecule has 0 aromatic carbocycles. The van der Waals surface area contributed by atoms with Gasteiger partial charge in [0.15, 0.2) is 0 Å². The Morgan fingerprint density at radius 1 is 1.26 bits per heavy atom. The van der Waals surface area contributed by atoms with Crippen molar-refractivity contribution in [2.75, 3.05) is 18.0 Å². The Morgan fingerprint density at radius 2 is 2.05 bits per heavy atom. The van der Waals surface area contributed by atoms with Crippen LogP contribution in [0.25, 0.3) is 0 Å². The first kappa shape index (κ1) is 14.3. The summed E-state index contributed by atoms with van der Waals surface area (Å²) in [5.41, 5.74) is 1.04. The summed E-state index contributed by atoms with van der Waals surface area (Å²) in [6.07, 6.45) is 10.2. The predicted octanol–water partition coefficient (Wildman–Crippen LogP) is 2.75. The summed E-state index contributed by atoms with van der Waals surface area (Å²) in [6.45, 7) is 7.25. The SMILES string of the molecule is CCCNCc1cncc(N(CC)C2CCCC2)n1. The summed E-state index contributed by atoms with van der Waals surface area (Å²) < 4.78 is 0. The van der Waals surface area contributed by atoms with Gasteiger partial charge >= 0.3 is 0 Å². The first-order valence-corrected chi connectivity index (χ1v) is 7.63. The third kappa shape index (κ3) is 3.90. The highest BCUT2D eigenvalue weighted by molar-refractivity contribution is 5.38. The van der Waals surface area contributed by atoms with Crippen LogP contribution in [0, 0.1) is 0 Å². The minimum Gasteiger partial charge on any atom is -0.353 e. The Hall–Kier alpha value is -1.16. The van der Waals surface area contributed by atoms with Crippen molar-refractivity contribution in [2.24, 2.45) is 0 Å². The molecular formula is C15H26N4. The molecule has 1 aliphatic carbocycles. The van der Waals surface area contributed by atoms with Crippen LogP contribution in [0.2, 0.25) is 0 Å². The second kappa shape index (κ2) is 7.43.